The Hall–Kier alpha value is -1.23. The van der Waals surface area contributed by atoms with E-state index >= 15 is 0 Å². The number of Topliss-reactive ketones (excluding diaryl/α,β-unsaturated/α-hetero) is 1. The van der Waals surface area contributed by atoms with Crippen LogP contribution >= 0.6 is 0 Å². The monoisotopic (exact) mass is 255 g/mol. The SMILES string of the molecule is CCS(=O)(=O)CCCC(=O)Cc1cccnc1. The van der Waals surface area contributed by atoms with Gasteiger partial charge in [0.25, 0.3) is 0 Å². The molecule has 0 saturated heterocycles. The van der Waals surface area contributed by atoms with E-state index in [1.165, 1.54) is 0 Å². The first-order chi connectivity index (χ1) is 8.03. The lowest BCUT2D eigenvalue weighted by molar-refractivity contribution is -0.118. The smallest absolute Gasteiger partial charge is 0.150 e. The number of pyridine rings is 1. The third-order valence-corrected chi connectivity index (χ3v) is 4.27. The molecule has 0 spiro atoms. The van der Waals surface area contributed by atoms with E-state index in [-0.39, 0.29) is 17.3 Å². The fourth-order valence-corrected chi connectivity index (χ4v) is 2.33. The van der Waals surface area contributed by atoms with Gasteiger partial charge < -0.3 is 0 Å². The molecule has 1 rings (SSSR count). The van der Waals surface area contributed by atoms with E-state index in [4.69, 9.17) is 0 Å². The van der Waals surface area contributed by atoms with Gasteiger partial charge in [-0.3, -0.25) is 9.78 Å². The fourth-order valence-electron chi connectivity index (χ4n) is 1.45. The standard InChI is InChI=1S/C12H17NO3S/c1-2-17(15,16)8-4-6-12(14)9-11-5-3-7-13-10-11/h3,5,7,10H,2,4,6,8-9H2,1H3. The first kappa shape index (κ1) is 13.8. The molecule has 1 heterocycles. The van der Waals surface area contributed by atoms with Gasteiger partial charge >= 0.3 is 0 Å². The molecular weight excluding hydrogens is 238 g/mol. The molecule has 0 amide bonds. The lowest BCUT2D eigenvalue weighted by Crippen LogP contribution is -2.11. The van der Waals surface area contributed by atoms with Crippen molar-refractivity contribution >= 4 is 15.6 Å². The van der Waals surface area contributed by atoms with Crippen molar-refractivity contribution in [1.82, 2.24) is 4.98 Å². The number of hydrogen-bond acceptors (Lipinski definition) is 4. The third kappa shape index (κ3) is 5.58. The summed E-state index contributed by atoms with van der Waals surface area (Å²) in [6.07, 6.45) is 4.37. The lowest BCUT2D eigenvalue weighted by atomic mass is 10.1. The second-order valence-corrected chi connectivity index (χ2v) is 6.39. The number of ketones is 1. The van der Waals surface area contributed by atoms with Gasteiger partial charge in [0.05, 0.1) is 5.75 Å². The van der Waals surface area contributed by atoms with Crippen molar-refractivity contribution in [3.63, 3.8) is 0 Å². The van der Waals surface area contributed by atoms with Crippen molar-refractivity contribution in [3.05, 3.63) is 30.1 Å². The van der Waals surface area contributed by atoms with Crippen LogP contribution in [-0.4, -0.2) is 30.7 Å². The summed E-state index contributed by atoms with van der Waals surface area (Å²) in [6, 6.07) is 3.62. The second kappa shape index (κ2) is 6.49. The summed E-state index contributed by atoms with van der Waals surface area (Å²) in [6.45, 7) is 1.62. The van der Waals surface area contributed by atoms with E-state index < -0.39 is 9.84 Å². The van der Waals surface area contributed by atoms with Crippen molar-refractivity contribution in [1.29, 1.82) is 0 Å². The van der Waals surface area contributed by atoms with Gasteiger partial charge in [-0.15, -0.1) is 0 Å². The molecule has 1 aromatic heterocycles. The molecule has 0 aliphatic heterocycles. The predicted octanol–water partition coefficient (Wildman–Crippen LogP) is 1.41. The quantitative estimate of drug-likeness (QED) is 0.739. The maximum Gasteiger partial charge on any atom is 0.150 e. The number of carbonyl (C=O) groups is 1. The van der Waals surface area contributed by atoms with Crippen molar-refractivity contribution in [2.24, 2.45) is 0 Å². The molecule has 0 aliphatic carbocycles. The normalized spacial score (nSPS) is 11.4. The molecule has 0 atom stereocenters. The highest BCUT2D eigenvalue weighted by atomic mass is 32.2. The van der Waals surface area contributed by atoms with Crippen LogP contribution in [0.25, 0.3) is 0 Å². The van der Waals surface area contributed by atoms with Crippen molar-refractivity contribution in [2.45, 2.75) is 26.2 Å². The van der Waals surface area contributed by atoms with Crippen LogP contribution in [0.5, 0.6) is 0 Å². The summed E-state index contributed by atoms with van der Waals surface area (Å²) in [5.41, 5.74) is 0.871. The molecule has 1 aromatic rings. The van der Waals surface area contributed by atoms with Gasteiger partial charge in [-0.2, -0.15) is 0 Å². The Morgan fingerprint density at radius 1 is 1.41 bits per heavy atom. The highest BCUT2D eigenvalue weighted by Crippen LogP contribution is 2.03. The van der Waals surface area contributed by atoms with Gasteiger partial charge in [0, 0.05) is 31.0 Å². The molecular formula is C12H17NO3S. The number of aromatic nitrogens is 1. The first-order valence-corrected chi connectivity index (χ1v) is 7.46. The Kier molecular flexibility index (Phi) is 5.28. The van der Waals surface area contributed by atoms with Gasteiger partial charge in [0.2, 0.25) is 0 Å². The van der Waals surface area contributed by atoms with E-state index in [0.717, 1.165) is 5.56 Å². The largest absolute Gasteiger partial charge is 0.299 e. The molecule has 0 bridgehead atoms. The molecule has 0 saturated carbocycles. The molecule has 0 unspecified atom stereocenters. The number of rotatable bonds is 7. The number of nitrogens with zero attached hydrogens (tertiary/aromatic N) is 1. The van der Waals surface area contributed by atoms with E-state index in [2.05, 4.69) is 4.98 Å². The maximum atomic E-state index is 11.6. The number of carbonyl (C=O) groups excluding carboxylic acids is 1. The molecule has 0 radical (unpaired) electrons. The van der Waals surface area contributed by atoms with Crippen LogP contribution in [0.15, 0.2) is 24.5 Å². The van der Waals surface area contributed by atoms with Gasteiger partial charge in [0.15, 0.2) is 0 Å². The zero-order chi connectivity index (χ0) is 12.7. The first-order valence-electron chi connectivity index (χ1n) is 5.64. The van der Waals surface area contributed by atoms with Gasteiger partial charge in [-0.25, -0.2) is 8.42 Å². The summed E-state index contributed by atoms with van der Waals surface area (Å²) in [5.74, 6) is 0.302. The van der Waals surface area contributed by atoms with Crippen molar-refractivity contribution in [3.8, 4) is 0 Å². The van der Waals surface area contributed by atoms with Crippen LogP contribution < -0.4 is 0 Å². The molecule has 17 heavy (non-hydrogen) atoms. The topological polar surface area (TPSA) is 64.1 Å². The van der Waals surface area contributed by atoms with Gasteiger partial charge in [0.1, 0.15) is 15.6 Å². The van der Waals surface area contributed by atoms with E-state index in [9.17, 15) is 13.2 Å². The average Bonchev–Trinajstić information content (AvgIpc) is 2.30. The van der Waals surface area contributed by atoms with Crippen molar-refractivity contribution in [2.75, 3.05) is 11.5 Å². The van der Waals surface area contributed by atoms with E-state index in [1.54, 1.807) is 25.4 Å². The summed E-state index contributed by atoms with van der Waals surface area (Å²) >= 11 is 0. The van der Waals surface area contributed by atoms with Gasteiger partial charge in [-0.1, -0.05) is 13.0 Å². The molecule has 0 N–H and O–H groups in total. The van der Waals surface area contributed by atoms with Crippen LogP contribution in [0.1, 0.15) is 25.3 Å². The zero-order valence-electron chi connectivity index (χ0n) is 9.93. The highest BCUT2D eigenvalue weighted by molar-refractivity contribution is 7.91. The van der Waals surface area contributed by atoms with Gasteiger partial charge in [-0.05, 0) is 18.1 Å². The lowest BCUT2D eigenvalue weighted by Gasteiger charge is -2.01. The van der Waals surface area contributed by atoms with Crippen molar-refractivity contribution < 1.29 is 13.2 Å². The fraction of sp³-hybridized carbons (Fsp3) is 0.500. The van der Waals surface area contributed by atoms with Crippen LogP contribution in [0.3, 0.4) is 0 Å². The maximum absolute atomic E-state index is 11.6. The molecule has 5 heteroatoms. The Labute approximate surface area is 102 Å². The number of hydrogen-bond donors (Lipinski definition) is 0. The molecule has 4 nitrogen and oxygen atoms in total. The molecule has 0 fully saturated rings. The zero-order valence-corrected chi connectivity index (χ0v) is 10.7. The minimum Gasteiger partial charge on any atom is -0.299 e. The van der Waals surface area contributed by atoms with E-state index in [1.807, 2.05) is 6.07 Å². The van der Waals surface area contributed by atoms with Crippen LogP contribution in [0.4, 0.5) is 0 Å². The summed E-state index contributed by atoms with van der Waals surface area (Å²) < 4.78 is 22.4. The van der Waals surface area contributed by atoms with Crippen LogP contribution in [0, 0.1) is 0 Å². The van der Waals surface area contributed by atoms with E-state index in [0.29, 0.717) is 19.3 Å². The Morgan fingerprint density at radius 2 is 2.18 bits per heavy atom. The average molecular weight is 255 g/mol. The van der Waals surface area contributed by atoms with Crippen LogP contribution in [0.2, 0.25) is 0 Å². The Bertz CT molecular complexity index is 454. The van der Waals surface area contributed by atoms with Crippen LogP contribution in [-0.2, 0) is 21.1 Å². The third-order valence-electron chi connectivity index (χ3n) is 2.47. The summed E-state index contributed by atoms with van der Waals surface area (Å²) in [7, 11) is -2.95. The Morgan fingerprint density at radius 3 is 2.76 bits per heavy atom. The molecule has 94 valence electrons. The Balaban J connectivity index is 2.32. The molecule has 0 aliphatic rings. The number of sulfone groups is 1. The summed E-state index contributed by atoms with van der Waals surface area (Å²) in [4.78, 5) is 15.5. The minimum absolute atomic E-state index is 0.0595. The minimum atomic E-state index is -2.95. The summed E-state index contributed by atoms with van der Waals surface area (Å²) in [5, 5.41) is 0. The molecule has 0 aromatic carbocycles. The predicted molar refractivity (Wildman–Crippen MR) is 66.5 cm³/mol. The second-order valence-electron chi connectivity index (χ2n) is 3.92. The highest BCUT2D eigenvalue weighted by Gasteiger charge is 2.09.